The van der Waals surface area contributed by atoms with Gasteiger partial charge in [0, 0.05) is 22.7 Å². The molecule has 4 rings (SSSR count). The van der Waals surface area contributed by atoms with Crippen LogP contribution in [0.1, 0.15) is 25.0 Å². The summed E-state index contributed by atoms with van der Waals surface area (Å²) in [5.74, 6) is 0.318. The Bertz CT molecular complexity index is 1070. The molecule has 1 aliphatic heterocycles. The molecule has 0 unspecified atom stereocenters. The zero-order chi connectivity index (χ0) is 18.5. The van der Waals surface area contributed by atoms with E-state index >= 15 is 0 Å². The van der Waals surface area contributed by atoms with Crippen LogP contribution in [0.5, 0.6) is 5.75 Å². The molecular weight excluding hydrogens is 371 g/mol. The molecule has 0 N–H and O–H groups in total. The van der Waals surface area contributed by atoms with E-state index < -0.39 is 4.87 Å². The maximum absolute atomic E-state index is 13.9. The Morgan fingerprint density at radius 2 is 2.00 bits per heavy atom. The topological polar surface area (TPSA) is 34.5 Å². The van der Waals surface area contributed by atoms with Crippen LogP contribution in [-0.4, -0.2) is 22.7 Å². The minimum absolute atomic E-state index is 0.329. The largest absolute Gasteiger partial charge is 0.494 e. The Morgan fingerprint density at radius 1 is 1.19 bits per heavy atom. The van der Waals surface area contributed by atoms with Gasteiger partial charge in [-0.05, 0) is 38.1 Å². The quantitative estimate of drug-likeness (QED) is 0.565. The third-order valence-electron chi connectivity index (χ3n) is 4.19. The van der Waals surface area contributed by atoms with Gasteiger partial charge in [0.15, 0.2) is 5.75 Å². The first-order valence-corrected chi connectivity index (χ1v) is 9.29. The van der Waals surface area contributed by atoms with E-state index in [1.165, 1.54) is 6.07 Å². The molecule has 3 nitrogen and oxygen atoms in total. The minimum atomic E-state index is -0.392. The lowest BCUT2D eigenvalue weighted by Crippen LogP contribution is -2.22. The summed E-state index contributed by atoms with van der Waals surface area (Å²) in [5.41, 5.74) is 2.93. The zero-order valence-corrected chi connectivity index (χ0v) is 16.1. The molecule has 26 heavy (non-hydrogen) atoms. The van der Waals surface area contributed by atoms with E-state index in [0.717, 1.165) is 27.1 Å². The molecular formula is C20H16ClFN2OS. The third-order valence-corrected chi connectivity index (χ3v) is 5.69. The highest BCUT2D eigenvalue weighted by atomic mass is 35.5. The number of methoxy groups -OCH3 is 1. The maximum atomic E-state index is 13.9. The second kappa shape index (κ2) is 6.25. The summed E-state index contributed by atoms with van der Waals surface area (Å²) in [4.78, 5) is 9.79. The molecule has 0 fully saturated rings. The second-order valence-corrected chi connectivity index (χ2v) is 8.52. The van der Waals surface area contributed by atoms with Crippen molar-refractivity contribution in [2.45, 2.75) is 23.6 Å². The van der Waals surface area contributed by atoms with Crippen LogP contribution in [0.15, 0.2) is 52.5 Å². The Hall–Kier alpha value is -2.11. The molecule has 0 saturated heterocycles. The van der Waals surface area contributed by atoms with Crippen LogP contribution < -0.4 is 4.74 Å². The van der Waals surface area contributed by atoms with Gasteiger partial charge in [-0.2, -0.15) is 0 Å². The molecule has 0 amide bonds. The summed E-state index contributed by atoms with van der Waals surface area (Å²) in [5, 5.41) is 1.30. The zero-order valence-electron chi connectivity index (χ0n) is 14.5. The number of para-hydroxylation sites is 1. The number of hydrogen-bond acceptors (Lipinski definition) is 4. The Labute approximate surface area is 160 Å². The average Bonchev–Trinajstić information content (AvgIpc) is 2.60. The van der Waals surface area contributed by atoms with E-state index in [9.17, 15) is 4.39 Å². The fraction of sp³-hybridized carbons (Fsp3) is 0.200. The summed E-state index contributed by atoms with van der Waals surface area (Å²) < 4.78 is 19.5. The van der Waals surface area contributed by atoms with E-state index in [-0.39, 0.29) is 5.82 Å². The van der Waals surface area contributed by atoms with Gasteiger partial charge in [0.1, 0.15) is 16.2 Å². The smallest absolute Gasteiger partial charge is 0.151 e. The second-order valence-electron chi connectivity index (χ2n) is 6.50. The van der Waals surface area contributed by atoms with Crippen molar-refractivity contribution in [2.75, 3.05) is 7.11 Å². The molecule has 0 aliphatic carbocycles. The van der Waals surface area contributed by atoms with Crippen LogP contribution in [0.25, 0.3) is 10.9 Å². The Morgan fingerprint density at radius 3 is 2.77 bits per heavy atom. The van der Waals surface area contributed by atoms with E-state index in [0.29, 0.717) is 16.3 Å². The predicted molar refractivity (Wildman–Crippen MR) is 105 cm³/mol. The number of halogens is 2. The summed E-state index contributed by atoms with van der Waals surface area (Å²) >= 11 is 7.92. The van der Waals surface area contributed by atoms with Crippen LogP contribution in [0.4, 0.5) is 4.39 Å². The van der Waals surface area contributed by atoms with Crippen molar-refractivity contribution >= 4 is 40.0 Å². The first kappa shape index (κ1) is 17.3. The van der Waals surface area contributed by atoms with Crippen LogP contribution in [0.2, 0.25) is 5.02 Å². The van der Waals surface area contributed by atoms with Crippen molar-refractivity contribution < 1.29 is 9.13 Å². The maximum Gasteiger partial charge on any atom is 0.151 e. The van der Waals surface area contributed by atoms with Crippen molar-refractivity contribution in [3.63, 3.8) is 0 Å². The molecule has 0 atom stereocenters. The molecule has 3 aromatic rings. The normalized spacial score (nSPS) is 15.5. The first-order valence-electron chi connectivity index (χ1n) is 8.10. The average molecular weight is 387 g/mol. The summed E-state index contributed by atoms with van der Waals surface area (Å²) in [6.07, 6.45) is 1.67. The summed E-state index contributed by atoms with van der Waals surface area (Å²) in [6, 6.07) is 10.6. The molecule has 6 heteroatoms. The molecule has 132 valence electrons. The Balaban J connectivity index is 1.95. The van der Waals surface area contributed by atoms with Gasteiger partial charge >= 0.3 is 0 Å². The summed E-state index contributed by atoms with van der Waals surface area (Å²) in [6.45, 7) is 4.07. The number of aromatic nitrogens is 1. The fourth-order valence-electron chi connectivity index (χ4n) is 3.09. The Kier molecular flexibility index (Phi) is 4.16. The number of benzene rings is 2. The number of thioether (sulfide) groups is 1. The van der Waals surface area contributed by atoms with Crippen molar-refractivity contribution in [3.8, 4) is 5.75 Å². The number of aliphatic imine (C=N–C) groups is 1. The predicted octanol–water partition coefficient (Wildman–Crippen LogP) is 5.72. The van der Waals surface area contributed by atoms with Gasteiger partial charge in [-0.25, -0.2) is 4.39 Å². The molecule has 1 aromatic heterocycles. The molecule has 0 saturated carbocycles. The van der Waals surface area contributed by atoms with Crippen molar-refractivity contribution in [1.29, 1.82) is 0 Å². The molecule has 2 heterocycles. The van der Waals surface area contributed by atoms with E-state index in [2.05, 4.69) is 4.98 Å². The van der Waals surface area contributed by atoms with Crippen molar-refractivity contribution in [1.82, 2.24) is 4.98 Å². The molecule has 1 aliphatic rings. The molecule has 0 spiro atoms. The van der Waals surface area contributed by atoms with Crippen LogP contribution in [0.3, 0.4) is 0 Å². The number of nitrogens with zero attached hydrogens (tertiary/aromatic N) is 2. The van der Waals surface area contributed by atoms with Gasteiger partial charge < -0.3 is 4.74 Å². The van der Waals surface area contributed by atoms with E-state index in [1.807, 2.05) is 38.1 Å². The van der Waals surface area contributed by atoms with Gasteiger partial charge in [-0.3, -0.25) is 9.98 Å². The number of rotatable bonds is 2. The van der Waals surface area contributed by atoms with Crippen molar-refractivity contribution in [3.05, 3.63) is 64.6 Å². The third kappa shape index (κ3) is 2.85. The first-order chi connectivity index (χ1) is 12.4. The highest BCUT2D eigenvalue weighted by Gasteiger charge is 2.31. The lowest BCUT2D eigenvalue weighted by Gasteiger charge is -2.29. The highest BCUT2D eigenvalue weighted by molar-refractivity contribution is 8.00. The lowest BCUT2D eigenvalue weighted by molar-refractivity contribution is 0.404. The molecule has 0 radical (unpaired) electrons. The monoisotopic (exact) mass is 386 g/mol. The SMILES string of the molecule is COc1c(Cl)ccc2c1SC(C)(C)N=C2c1cnc2c(F)cccc2c1. The van der Waals surface area contributed by atoms with Crippen LogP contribution in [0, 0.1) is 5.82 Å². The van der Waals surface area contributed by atoms with E-state index in [4.69, 9.17) is 21.3 Å². The fourth-order valence-corrected chi connectivity index (χ4v) is 4.58. The van der Waals surface area contributed by atoms with Gasteiger partial charge in [0.05, 0.1) is 22.7 Å². The van der Waals surface area contributed by atoms with Gasteiger partial charge in [-0.15, -0.1) is 0 Å². The number of hydrogen-bond donors (Lipinski definition) is 0. The number of pyridine rings is 1. The lowest BCUT2D eigenvalue weighted by atomic mass is 10.0. The van der Waals surface area contributed by atoms with Crippen molar-refractivity contribution in [2.24, 2.45) is 4.99 Å². The highest BCUT2D eigenvalue weighted by Crippen LogP contribution is 2.48. The number of fused-ring (bicyclic) bond motifs is 2. The summed E-state index contributed by atoms with van der Waals surface area (Å²) in [7, 11) is 1.61. The van der Waals surface area contributed by atoms with Gasteiger partial charge in [0.2, 0.25) is 0 Å². The minimum Gasteiger partial charge on any atom is -0.494 e. The number of ether oxygens (including phenoxy) is 1. The standard InChI is InChI=1S/C20H16ClFN2OS/c1-20(2)24-16(13-7-8-14(21)18(25-3)19(13)26-20)12-9-11-5-4-6-15(22)17(11)23-10-12/h4-10H,1-3H3. The molecule has 0 bridgehead atoms. The van der Waals surface area contributed by atoms with E-state index in [1.54, 1.807) is 31.1 Å². The van der Waals surface area contributed by atoms with Crippen LogP contribution >= 0.6 is 23.4 Å². The van der Waals surface area contributed by atoms with Crippen LogP contribution in [-0.2, 0) is 0 Å². The van der Waals surface area contributed by atoms with Gasteiger partial charge in [0.25, 0.3) is 0 Å². The van der Waals surface area contributed by atoms with Gasteiger partial charge in [-0.1, -0.05) is 35.5 Å². The molecule has 2 aromatic carbocycles.